The van der Waals surface area contributed by atoms with Crippen molar-refractivity contribution >= 4 is 51.2 Å². The SMILES string of the molecule is Cc1cc(Cl)ccc1NC(=O)COC(=O)/C=C/c1ccc(Br)o1. The maximum atomic E-state index is 11.8. The molecule has 5 nitrogen and oxygen atoms in total. The minimum Gasteiger partial charge on any atom is -0.452 e. The van der Waals surface area contributed by atoms with Crippen LogP contribution in [0.2, 0.25) is 5.02 Å². The molecule has 0 radical (unpaired) electrons. The van der Waals surface area contributed by atoms with Gasteiger partial charge in [-0.15, -0.1) is 0 Å². The lowest BCUT2D eigenvalue weighted by molar-refractivity contribution is -0.142. The second-order valence-corrected chi connectivity index (χ2v) is 5.81. The van der Waals surface area contributed by atoms with Crippen LogP contribution >= 0.6 is 27.5 Å². The van der Waals surface area contributed by atoms with E-state index in [0.29, 0.717) is 21.1 Å². The van der Waals surface area contributed by atoms with E-state index in [1.54, 1.807) is 30.3 Å². The van der Waals surface area contributed by atoms with Gasteiger partial charge in [0, 0.05) is 16.8 Å². The van der Waals surface area contributed by atoms with E-state index in [4.69, 9.17) is 20.8 Å². The maximum absolute atomic E-state index is 11.8. The molecule has 0 aliphatic carbocycles. The summed E-state index contributed by atoms with van der Waals surface area (Å²) in [6.45, 7) is 1.44. The van der Waals surface area contributed by atoms with Gasteiger partial charge in [-0.05, 0) is 64.8 Å². The van der Waals surface area contributed by atoms with Gasteiger partial charge >= 0.3 is 5.97 Å². The molecule has 1 aromatic heterocycles. The minimum atomic E-state index is -0.638. The summed E-state index contributed by atoms with van der Waals surface area (Å²) in [4.78, 5) is 23.3. The number of hydrogen-bond acceptors (Lipinski definition) is 4. The Hall–Kier alpha value is -2.05. The Morgan fingerprint density at radius 2 is 2.13 bits per heavy atom. The van der Waals surface area contributed by atoms with E-state index >= 15 is 0 Å². The zero-order chi connectivity index (χ0) is 16.8. The number of carbonyl (C=O) groups is 2. The van der Waals surface area contributed by atoms with Crippen molar-refractivity contribution in [2.75, 3.05) is 11.9 Å². The molecule has 0 unspecified atom stereocenters. The van der Waals surface area contributed by atoms with E-state index in [0.717, 1.165) is 5.56 Å². The number of hydrogen-bond donors (Lipinski definition) is 1. The summed E-state index contributed by atoms with van der Waals surface area (Å²) in [6, 6.07) is 8.47. The Bertz CT molecular complexity index is 754. The van der Waals surface area contributed by atoms with Crippen molar-refractivity contribution in [2.24, 2.45) is 0 Å². The summed E-state index contributed by atoms with van der Waals surface area (Å²) < 4.78 is 10.6. The predicted octanol–water partition coefficient (Wildman–Crippen LogP) is 4.20. The number of amides is 1. The van der Waals surface area contributed by atoms with Crippen LogP contribution < -0.4 is 5.32 Å². The van der Waals surface area contributed by atoms with Gasteiger partial charge in [-0.25, -0.2) is 4.79 Å². The normalized spacial score (nSPS) is 10.7. The molecule has 0 bridgehead atoms. The Morgan fingerprint density at radius 3 is 2.78 bits per heavy atom. The van der Waals surface area contributed by atoms with Crippen LogP contribution in [0, 0.1) is 6.92 Å². The highest BCUT2D eigenvalue weighted by atomic mass is 79.9. The summed E-state index contributed by atoms with van der Waals surface area (Å²) in [5, 5.41) is 3.23. The largest absolute Gasteiger partial charge is 0.452 e. The number of esters is 1. The summed E-state index contributed by atoms with van der Waals surface area (Å²) in [5.41, 5.74) is 1.44. The van der Waals surface area contributed by atoms with Gasteiger partial charge in [0.05, 0.1) is 0 Å². The molecular weight excluding hydrogens is 386 g/mol. The highest BCUT2D eigenvalue weighted by Gasteiger charge is 2.08. The van der Waals surface area contributed by atoms with Crippen LogP contribution in [0.15, 0.2) is 45.5 Å². The fourth-order valence-electron chi connectivity index (χ4n) is 1.71. The van der Waals surface area contributed by atoms with Crippen LogP contribution in [0.4, 0.5) is 5.69 Å². The molecule has 120 valence electrons. The van der Waals surface area contributed by atoms with E-state index in [1.165, 1.54) is 12.2 Å². The molecule has 0 saturated heterocycles. The van der Waals surface area contributed by atoms with Gasteiger partial charge in [-0.2, -0.15) is 0 Å². The number of rotatable bonds is 5. The van der Waals surface area contributed by atoms with Gasteiger partial charge in [0.1, 0.15) is 5.76 Å². The first-order valence-electron chi connectivity index (χ1n) is 6.60. The number of ether oxygens (including phenoxy) is 1. The van der Waals surface area contributed by atoms with Gasteiger partial charge in [0.25, 0.3) is 5.91 Å². The van der Waals surface area contributed by atoms with E-state index in [-0.39, 0.29) is 6.61 Å². The summed E-state index contributed by atoms with van der Waals surface area (Å²) in [7, 11) is 0. The van der Waals surface area contributed by atoms with E-state index in [1.807, 2.05) is 6.92 Å². The Kier molecular flexibility index (Phi) is 6.01. The molecule has 2 aromatic rings. The lowest BCUT2D eigenvalue weighted by atomic mass is 10.2. The smallest absolute Gasteiger partial charge is 0.331 e. The first-order chi connectivity index (χ1) is 10.9. The molecule has 0 saturated carbocycles. The molecule has 1 heterocycles. The third-order valence-corrected chi connectivity index (χ3v) is 3.45. The number of nitrogens with one attached hydrogen (secondary N) is 1. The van der Waals surface area contributed by atoms with Crippen molar-refractivity contribution in [1.82, 2.24) is 0 Å². The average molecular weight is 399 g/mol. The lowest BCUT2D eigenvalue weighted by Crippen LogP contribution is -2.20. The topological polar surface area (TPSA) is 68.5 Å². The molecule has 1 amide bonds. The molecule has 7 heteroatoms. The van der Waals surface area contributed by atoms with Crippen LogP contribution in [0.25, 0.3) is 6.08 Å². The first-order valence-corrected chi connectivity index (χ1v) is 7.77. The molecule has 0 atom stereocenters. The zero-order valence-corrected chi connectivity index (χ0v) is 14.5. The number of benzene rings is 1. The Morgan fingerprint density at radius 1 is 1.35 bits per heavy atom. The molecule has 0 aliphatic heterocycles. The van der Waals surface area contributed by atoms with Crippen LogP contribution in [-0.4, -0.2) is 18.5 Å². The van der Waals surface area contributed by atoms with Gasteiger partial charge in [0.15, 0.2) is 11.3 Å². The third-order valence-electron chi connectivity index (χ3n) is 2.79. The van der Waals surface area contributed by atoms with Crippen molar-refractivity contribution in [1.29, 1.82) is 0 Å². The zero-order valence-electron chi connectivity index (χ0n) is 12.1. The van der Waals surface area contributed by atoms with Crippen molar-refractivity contribution in [3.05, 3.63) is 57.4 Å². The predicted molar refractivity (Wildman–Crippen MR) is 91.2 cm³/mol. The number of halogens is 2. The average Bonchev–Trinajstić information content (AvgIpc) is 2.91. The quantitative estimate of drug-likeness (QED) is 0.605. The summed E-state index contributed by atoms with van der Waals surface area (Å²) in [6.07, 6.45) is 2.64. The van der Waals surface area contributed by atoms with Crippen LogP contribution in [-0.2, 0) is 14.3 Å². The third kappa shape index (κ3) is 5.58. The van der Waals surface area contributed by atoms with Crippen molar-refractivity contribution < 1.29 is 18.7 Å². The highest BCUT2D eigenvalue weighted by Crippen LogP contribution is 2.19. The standard InChI is InChI=1S/C16H13BrClNO4/c1-10-8-11(18)2-5-13(10)19-15(20)9-22-16(21)7-4-12-3-6-14(17)23-12/h2-8H,9H2,1H3,(H,19,20)/b7-4+. The fourth-order valence-corrected chi connectivity index (χ4v) is 2.25. The second kappa shape index (κ2) is 7.99. The lowest BCUT2D eigenvalue weighted by Gasteiger charge is -2.08. The maximum Gasteiger partial charge on any atom is 0.331 e. The molecule has 0 spiro atoms. The first kappa shape index (κ1) is 17.3. The summed E-state index contributed by atoms with van der Waals surface area (Å²) in [5.74, 6) is -0.575. The second-order valence-electron chi connectivity index (χ2n) is 4.59. The monoisotopic (exact) mass is 397 g/mol. The van der Waals surface area contributed by atoms with Gasteiger partial charge in [-0.3, -0.25) is 4.79 Å². The molecule has 2 rings (SSSR count). The van der Waals surface area contributed by atoms with Crippen molar-refractivity contribution in [2.45, 2.75) is 6.92 Å². The molecule has 0 fully saturated rings. The molecular formula is C16H13BrClNO4. The minimum absolute atomic E-state index is 0.382. The summed E-state index contributed by atoms with van der Waals surface area (Å²) >= 11 is 9.00. The van der Waals surface area contributed by atoms with Gasteiger partial charge in [-0.1, -0.05) is 11.6 Å². The van der Waals surface area contributed by atoms with Crippen LogP contribution in [0.1, 0.15) is 11.3 Å². The number of anilines is 1. The van der Waals surface area contributed by atoms with E-state index < -0.39 is 11.9 Å². The van der Waals surface area contributed by atoms with Gasteiger partial charge < -0.3 is 14.5 Å². The van der Waals surface area contributed by atoms with E-state index in [9.17, 15) is 9.59 Å². The number of furan rings is 1. The van der Waals surface area contributed by atoms with E-state index in [2.05, 4.69) is 21.2 Å². The van der Waals surface area contributed by atoms with Crippen LogP contribution in [0.3, 0.4) is 0 Å². The molecule has 1 N–H and O–H groups in total. The molecule has 23 heavy (non-hydrogen) atoms. The Labute approximate surface area is 146 Å². The number of aryl methyl sites for hydroxylation is 1. The number of carbonyl (C=O) groups excluding carboxylic acids is 2. The van der Waals surface area contributed by atoms with Crippen molar-refractivity contribution in [3.8, 4) is 0 Å². The highest BCUT2D eigenvalue weighted by molar-refractivity contribution is 9.10. The Balaban J connectivity index is 1.81. The van der Waals surface area contributed by atoms with Crippen molar-refractivity contribution in [3.63, 3.8) is 0 Å². The fraction of sp³-hybridized carbons (Fsp3) is 0.125. The molecule has 1 aromatic carbocycles. The van der Waals surface area contributed by atoms with Crippen LogP contribution in [0.5, 0.6) is 0 Å². The van der Waals surface area contributed by atoms with Gasteiger partial charge in [0.2, 0.25) is 0 Å². The molecule has 0 aliphatic rings.